The molecule has 3 aromatic carbocycles. The smallest absolute Gasteiger partial charge is 0.408 e. The molecule has 0 fully saturated rings. The van der Waals surface area contributed by atoms with Crippen molar-refractivity contribution >= 4 is 34.4 Å². The van der Waals surface area contributed by atoms with Crippen LogP contribution >= 0.6 is 0 Å². The fourth-order valence-electron chi connectivity index (χ4n) is 4.38. The quantitative estimate of drug-likeness (QED) is 0.337. The Kier molecular flexibility index (Phi) is 9.54. The van der Waals surface area contributed by atoms with Crippen LogP contribution < -0.4 is 10.6 Å². The average molecular weight is 543 g/mol. The van der Waals surface area contributed by atoms with Crippen molar-refractivity contribution in [2.45, 2.75) is 66.2 Å². The van der Waals surface area contributed by atoms with Crippen LogP contribution in [-0.4, -0.2) is 41.0 Å². The van der Waals surface area contributed by atoms with Gasteiger partial charge >= 0.3 is 6.09 Å². The third-order valence-electron chi connectivity index (χ3n) is 6.55. The highest BCUT2D eigenvalue weighted by molar-refractivity contribution is 6.00. The maximum Gasteiger partial charge on any atom is 0.408 e. The minimum Gasteiger partial charge on any atom is -0.444 e. The molecule has 210 valence electrons. The number of benzene rings is 3. The van der Waals surface area contributed by atoms with Gasteiger partial charge in [0.1, 0.15) is 24.2 Å². The molecule has 3 aromatic rings. The summed E-state index contributed by atoms with van der Waals surface area (Å²) in [5, 5.41) is 17.3. The second kappa shape index (κ2) is 12.6. The highest BCUT2D eigenvalue weighted by Crippen LogP contribution is 2.28. The van der Waals surface area contributed by atoms with Gasteiger partial charge in [0.15, 0.2) is 0 Å². The van der Waals surface area contributed by atoms with E-state index in [1.54, 1.807) is 46.8 Å². The maximum atomic E-state index is 14.0. The second-order valence-electron chi connectivity index (χ2n) is 11.3. The molecule has 0 heterocycles. The summed E-state index contributed by atoms with van der Waals surface area (Å²) in [6.07, 6.45) is -0.750. The number of nitrogens with zero attached hydrogens (tertiary/aromatic N) is 2. The van der Waals surface area contributed by atoms with Crippen molar-refractivity contribution < 1.29 is 19.1 Å². The maximum absolute atomic E-state index is 14.0. The molecule has 2 atom stereocenters. The van der Waals surface area contributed by atoms with Crippen LogP contribution in [-0.2, 0) is 14.3 Å². The summed E-state index contributed by atoms with van der Waals surface area (Å²) in [5.41, 5.74) is 2.33. The van der Waals surface area contributed by atoms with Crippen LogP contribution in [0.4, 0.5) is 10.5 Å². The minimum atomic E-state index is -1.13. The molecule has 0 aliphatic carbocycles. The molecule has 0 saturated carbocycles. The van der Waals surface area contributed by atoms with E-state index in [4.69, 9.17) is 4.74 Å². The molecule has 3 rings (SSSR count). The van der Waals surface area contributed by atoms with E-state index in [1.165, 1.54) is 4.90 Å². The number of carbonyl (C=O) groups is 3. The number of nitriles is 1. The first kappa shape index (κ1) is 30.2. The largest absolute Gasteiger partial charge is 0.444 e. The third kappa shape index (κ3) is 7.60. The molecule has 0 aliphatic rings. The van der Waals surface area contributed by atoms with E-state index >= 15 is 0 Å². The predicted molar refractivity (Wildman–Crippen MR) is 157 cm³/mol. The molecule has 2 unspecified atom stereocenters. The molecule has 0 saturated heterocycles. The molecule has 0 bridgehead atoms. The van der Waals surface area contributed by atoms with Gasteiger partial charge in [-0.15, -0.1) is 0 Å². The van der Waals surface area contributed by atoms with Crippen molar-refractivity contribution in [1.82, 2.24) is 10.2 Å². The lowest BCUT2D eigenvalue weighted by Gasteiger charge is -2.34. The molecule has 40 heavy (non-hydrogen) atoms. The van der Waals surface area contributed by atoms with E-state index in [1.807, 2.05) is 68.4 Å². The van der Waals surface area contributed by atoms with Crippen LogP contribution in [0.25, 0.3) is 10.8 Å². The van der Waals surface area contributed by atoms with Gasteiger partial charge in [-0.2, -0.15) is 5.26 Å². The zero-order chi connectivity index (χ0) is 29.6. The number of anilines is 1. The first-order valence-electron chi connectivity index (χ1n) is 13.3. The van der Waals surface area contributed by atoms with E-state index in [2.05, 4.69) is 10.6 Å². The summed E-state index contributed by atoms with van der Waals surface area (Å²) in [6, 6.07) is 18.8. The highest BCUT2D eigenvalue weighted by atomic mass is 16.6. The monoisotopic (exact) mass is 542 g/mol. The zero-order valence-corrected chi connectivity index (χ0v) is 24.2. The van der Waals surface area contributed by atoms with Crippen LogP contribution in [0.1, 0.15) is 57.4 Å². The second-order valence-corrected chi connectivity index (χ2v) is 11.3. The Balaban J connectivity index is 2.03. The number of rotatable bonds is 8. The molecule has 0 aromatic heterocycles. The fourth-order valence-corrected chi connectivity index (χ4v) is 4.38. The number of hydrogen-bond acceptors (Lipinski definition) is 5. The highest BCUT2D eigenvalue weighted by Gasteiger charge is 2.37. The summed E-state index contributed by atoms with van der Waals surface area (Å²) < 4.78 is 5.38. The Morgan fingerprint density at radius 1 is 0.950 bits per heavy atom. The number of aryl methyl sites for hydroxylation is 2. The lowest BCUT2D eigenvalue weighted by Crippen LogP contribution is -2.54. The first-order valence-corrected chi connectivity index (χ1v) is 13.3. The van der Waals surface area contributed by atoms with E-state index in [0.717, 1.165) is 21.9 Å². The minimum absolute atomic E-state index is 0.342. The first-order chi connectivity index (χ1) is 18.8. The van der Waals surface area contributed by atoms with Gasteiger partial charge in [0, 0.05) is 5.69 Å². The van der Waals surface area contributed by atoms with Gasteiger partial charge in [0.2, 0.25) is 5.91 Å². The number of alkyl carbamates (subject to hydrolysis) is 1. The summed E-state index contributed by atoms with van der Waals surface area (Å²) in [7, 11) is 0. The van der Waals surface area contributed by atoms with Gasteiger partial charge in [0.05, 0.1) is 6.07 Å². The van der Waals surface area contributed by atoms with Crippen LogP contribution in [0, 0.1) is 31.1 Å². The van der Waals surface area contributed by atoms with Gasteiger partial charge in [-0.25, -0.2) is 4.79 Å². The van der Waals surface area contributed by atoms with Crippen LogP contribution in [0.3, 0.4) is 0 Å². The lowest BCUT2D eigenvalue weighted by atomic mass is 9.96. The standard InChI is InChI=1S/C32H38N4O4/c1-20(2)27(35-31(39)40-32(5,6)7)30(38)36(17-16-33)28(25-13-12-21(3)22(4)18-25)29(37)34-26-15-14-23-10-8-9-11-24(23)19-26/h8-15,18-20,27-28H,17H2,1-7H3,(H,34,37)(H,35,39). The van der Waals surface area contributed by atoms with Crippen molar-refractivity contribution in [3.63, 3.8) is 0 Å². The van der Waals surface area contributed by atoms with E-state index in [-0.39, 0.29) is 12.5 Å². The summed E-state index contributed by atoms with van der Waals surface area (Å²) in [4.78, 5) is 41.8. The lowest BCUT2D eigenvalue weighted by molar-refractivity contribution is -0.140. The van der Waals surface area contributed by atoms with Gasteiger partial charge in [-0.05, 0) is 80.1 Å². The number of fused-ring (bicyclic) bond motifs is 1. The average Bonchev–Trinajstić information content (AvgIpc) is 2.87. The summed E-state index contributed by atoms with van der Waals surface area (Å²) in [5.74, 6) is -1.37. The number of ether oxygens (including phenoxy) is 1. The van der Waals surface area contributed by atoms with Crippen molar-refractivity contribution in [3.05, 3.63) is 77.4 Å². The Morgan fingerprint density at radius 3 is 2.23 bits per heavy atom. The number of hydrogen-bond donors (Lipinski definition) is 2. The Bertz CT molecular complexity index is 1430. The van der Waals surface area contributed by atoms with Gasteiger partial charge < -0.3 is 20.3 Å². The zero-order valence-electron chi connectivity index (χ0n) is 24.2. The van der Waals surface area contributed by atoms with Gasteiger partial charge in [-0.1, -0.05) is 62.4 Å². The molecule has 0 spiro atoms. The molecule has 0 aliphatic heterocycles. The fraction of sp³-hybridized carbons (Fsp3) is 0.375. The molecule has 2 N–H and O–H groups in total. The van der Waals surface area contributed by atoms with Crippen molar-refractivity contribution in [3.8, 4) is 6.07 Å². The van der Waals surface area contributed by atoms with Crippen LogP contribution in [0.5, 0.6) is 0 Å². The van der Waals surface area contributed by atoms with Crippen LogP contribution in [0.15, 0.2) is 60.7 Å². The molecule has 8 heteroatoms. The molecule has 0 radical (unpaired) electrons. The Hall–Kier alpha value is -4.38. The Labute approximate surface area is 236 Å². The van der Waals surface area contributed by atoms with Crippen molar-refractivity contribution in [2.75, 3.05) is 11.9 Å². The predicted octanol–water partition coefficient (Wildman–Crippen LogP) is 6.04. The molecular formula is C32H38N4O4. The van der Waals surface area contributed by atoms with E-state index in [0.29, 0.717) is 11.3 Å². The summed E-state index contributed by atoms with van der Waals surface area (Å²) in [6.45, 7) is 12.3. The molecule has 8 nitrogen and oxygen atoms in total. The number of carbonyl (C=O) groups excluding carboxylic acids is 3. The van der Waals surface area contributed by atoms with Crippen molar-refractivity contribution in [2.24, 2.45) is 5.92 Å². The third-order valence-corrected chi connectivity index (χ3v) is 6.55. The van der Waals surface area contributed by atoms with Crippen LogP contribution in [0.2, 0.25) is 0 Å². The van der Waals surface area contributed by atoms with Gasteiger partial charge in [0.25, 0.3) is 5.91 Å². The molecule has 3 amide bonds. The normalized spacial score (nSPS) is 12.8. The SMILES string of the molecule is Cc1ccc(C(C(=O)Nc2ccc3ccccc3c2)N(CC#N)C(=O)C(NC(=O)OC(C)(C)C)C(C)C)cc1C. The summed E-state index contributed by atoms with van der Waals surface area (Å²) >= 11 is 0. The Morgan fingerprint density at radius 2 is 1.62 bits per heavy atom. The van der Waals surface area contributed by atoms with Gasteiger partial charge in [-0.3, -0.25) is 9.59 Å². The number of nitrogens with one attached hydrogen (secondary N) is 2. The van der Waals surface area contributed by atoms with E-state index in [9.17, 15) is 19.6 Å². The van der Waals surface area contributed by atoms with E-state index < -0.39 is 35.6 Å². The molecular weight excluding hydrogens is 504 g/mol. The topological polar surface area (TPSA) is 112 Å². The number of amides is 3. The van der Waals surface area contributed by atoms with Crippen molar-refractivity contribution in [1.29, 1.82) is 5.26 Å².